The van der Waals surface area contributed by atoms with Crippen LogP contribution in [0.4, 0.5) is 0 Å². The third kappa shape index (κ3) is 5.30. The predicted molar refractivity (Wildman–Crippen MR) is 111 cm³/mol. The first kappa shape index (κ1) is 20.6. The molecule has 3 saturated heterocycles. The van der Waals surface area contributed by atoms with E-state index in [1.807, 2.05) is 6.92 Å². The minimum absolute atomic E-state index is 0.00851. The largest absolute Gasteiger partial charge is 0.494 e. The van der Waals surface area contributed by atoms with Gasteiger partial charge in [0, 0.05) is 32.8 Å². The highest BCUT2D eigenvalue weighted by Crippen LogP contribution is 2.39. The van der Waals surface area contributed by atoms with Crippen LogP contribution in [0, 0.1) is 0 Å². The van der Waals surface area contributed by atoms with E-state index in [0.29, 0.717) is 19.8 Å². The molecule has 1 N–H and O–H groups in total. The van der Waals surface area contributed by atoms with Crippen LogP contribution >= 0.6 is 0 Å². The molecule has 4 rings (SSSR count). The highest BCUT2D eigenvalue weighted by molar-refractivity contribution is 5.80. The van der Waals surface area contributed by atoms with E-state index in [0.717, 1.165) is 63.9 Å². The van der Waals surface area contributed by atoms with Crippen LogP contribution in [0.5, 0.6) is 5.75 Å². The third-order valence-electron chi connectivity index (χ3n) is 6.47. The maximum absolute atomic E-state index is 12.1. The second kappa shape index (κ2) is 9.45. The average Bonchev–Trinajstić information content (AvgIpc) is 3.41. The molecule has 0 unspecified atom stereocenters. The fourth-order valence-electron chi connectivity index (χ4n) is 4.75. The lowest BCUT2D eigenvalue weighted by atomic mass is 9.88. The van der Waals surface area contributed by atoms with E-state index in [9.17, 15) is 4.79 Å². The van der Waals surface area contributed by atoms with Gasteiger partial charge in [-0.15, -0.1) is 0 Å². The Morgan fingerprint density at radius 3 is 2.69 bits per heavy atom. The second-order valence-electron chi connectivity index (χ2n) is 8.56. The number of rotatable bonds is 7. The summed E-state index contributed by atoms with van der Waals surface area (Å²) in [4.78, 5) is 14.6. The van der Waals surface area contributed by atoms with Crippen LogP contribution in [-0.2, 0) is 20.8 Å². The number of hydrogen-bond donors (Lipinski definition) is 1. The van der Waals surface area contributed by atoms with E-state index in [1.165, 1.54) is 5.56 Å². The quantitative estimate of drug-likeness (QED) is 0.760. The Bertz CT molecular complexity index is 664. The summed E-state index contributed by atoms with van der Waals surface area (Å²) < 4.78 is 17.4. The van der Waals surface area contributed by atoms with Crippen LogP contribution in [0.25, 0.3) is 0 Å². The molecule has 3 fully saturated rings. The molecule has 1 aromatic rings. The van der Waals surface area contributed by atoms with Gasteiger partial charge in [-0.2, -0.15) is 0 Å². The SMILES string of the molecule is CCOc1ccc(CN2CCC3(CC[C@@H](CNC(=O)[C@@H]4CCCO4)O3)CC2)cc1. The molecule has 6 heteroatoms. The molecule has 3 aliphatic heterocycles. The summed E-state index contributed by atoms with van der Waals surface area (Å²) in [6.07, 6.45) is 5.98. The van der Waals surface area contributed by atoms with Crippen molar-refractivity contribution in [2.75, 3.05) is 32.8 Å². The first-order valence-corrected chi connectivity index (χ1v) is 11.2. The van der Waals surface area contributed by atoms with Crippen molar-refractivity contribution >= 4 is 5.91 Å². The van der Waals surface area contributed by atoms with Gasteiger partial charge in [0.1, 0.15) is 11.9 Å². The molecule has 3 heterocycles. The van der Waals surface area contributed by atoms with Gasteiger partial charge in [-0.3, -0.25) is 9.69 Å². The number of benzene rings is 1. The molecule has 0 bridgehead atoms. The number of likely N-dealkylation sites (tertiary alicyclic amines) is 1. The highest BCUT2D eigenvalue weighted by Gasteiger charge is 2.42. The lowest BCUT2D eigenvalue weighted by molar-refractivity contribution is -0.131. The molecule has 2 atom stereocenters. The van der Waals surface area contributed by atoms with Crippen molar-refractivity contribution in [2.45, 2.75) is 69.8 Å². The number of carbonyl (C=O) groups is 1. The predicted octanol–water partition coefficient (Wildman–Crippen LogP) is 2.89. The van der Waals surface area contributed by atoms with Gasteiger partial charge in [-0.25, -0.2) is 0 Å². The Hall–Kier alpha value is -1.63. The number of carbonyl (C=O) groups excluding carboxylic acids is 1. The van der Waals surface area contributed by atoms with Gasteiger partial charge >= 0.3 is 0 Å². The molecule has 3 aliphatic rings. The lowest BCUT2D eigenvalue weighted by Crippen LogP contribution is -2.45. The van der Waals surface area contributed by atoms with Crippen LogP contribution in [0.15, 0.2) is 24.3 Å². The van der Waals surface area contributed by atoms with Gasteiger partial charge < -0.3 is 19.5 Å². The Morgan fingerprint density at radius 2 is 2.00 bits per heavy atom. The van der Waals surface area contributed by atoms with E-state index in [-0.39, 0.29) is 23.7 Å². The number of nitrogens with one attached hydrogen (secondary N) is 1. The van der Waals surface area contributed by atoms with Gasteiger partial charge in [0.2, 0.25) is 5.91 Å². The summed E-state index contributed by atoms with van der Waals surface area (Å²) in [5.74, 6) is 0.961. The summed E-state index contributed by atoms with van der Waals surface area (Å²) in [6, 6.07) is 8.43. The van der Waals surface area contributed by atoms with Crippen LogP contribution in [0.3, 0.4) is 0 Å². The van der Waals surface area contributed by atoms with E-state index >= 15 is 0 Å². The van der Waals surface area contributed by atoms with Crippen molar-refractivity contribution in [3.8, 4) is 5.75 Å². The molecule has 1 aromatic carbocycles. The van der Waals surface area contributed by atoms with Gasteiger partial charge in [0.15, 0.2) is 0 Å². The molecule has 0 aliphatic carbocycles. The zero-order chi connectivity index (χ0) is 20.1. The standard InChI is InChI=1S/C23H34N2O4/c1-2-27-19-7-5-18(6-8-19)17-25-13-11-23(12-14-25)10-9-20(29-23)16-24-22(26)21-4-3-15-28-21/h5-8,20-21H,2-4,9-17H2,1H3,(H,24,26)/t20-,21-/m0/s1. The van der Waals surface area contributed by atoms with Crippen molar-refractivity contribution in [3.63, 3.8) is 0 Å². The normalized spacial score (nSPS) is 26.7. The Balaban J connectivity index is 1.19. The Kier molecular flexibility index (Phi) is 6.73. The zero-order valence-electron chi connectivity index (χ0n) is 17.5. The van der Waals surface area contributed by atoms with E-state index in [4.69, 9.17) is 14.2 Å². The molecular formula is C23H34N2O4. The number of piperidine rings is 1. The number of ether oxygens (including phenoxy) is 3. The average molecular weight is 403 g/mol. The molecule has 160 valence electrons. The maximum atomic E-state index is 12.1. The van der Waals surface area contributed by atoms with Gasteiger partial charge in [-0.1, -0.05) is 12.1 Å². The summed E-state index contributed by atoms with van der Waals surface area (Å²) in [5, 5.41) is 3.03. The van der Waals surface area contributed by atoms with Crippen LogP contribution in [-0.4, -0.2) is 61.5 Å². The van der Waals surface area contributed by atoms with E-state index < -0.39 is 0 Å². The van der Waals surface area contributed by atoms with Crippen LogP contribution in [0.1, 0.15) is 51.0 Å². The third-order valence-corrected chi connectivity index (χ3v) is 6.47. The second-order valence-corrected chi connectivity index (χ2v) is 8.56. The van der Waals surface area contributed by atoms with E-state index in [1.54, 1.807) is 0 Å². The van der Waals surface area contributed by atoms with Crippen molar-refractivity contribution < 1.29 is 19.0 Å². The number of nitrogens with zero attached hydrogens (tertiary/aromatic N) is 1. The molecule has 0 aromatic heterocycles. The summed E-state index contributed by atoms with van der Waals surface area (Å²) in [6.45, 7) is 7.11. The summed E-state index contributed by atoms with van der Waals surface area (Å²) in [7, 11) is 0. The molecule has 29 heavy (non-hydrogen) atoms. The smallest absolute Gasteiger partial charge is 0.249 e. The fourth-order valence-corrected chi connectivity index (χ4v) is 4.75. The van der Waals surface area contributed by atoms with Crippen molar-refractivity contribution in [2.24, 2.45) is 0 Å². The van der Waals surface area contributed by atoms with E-state index in [2.05, 4.69) is 34.5 Å². The molecule has 1 amide bonds. The van der Waals surface area contributed by atoms with Crippen LogP contribution in [0.2, 0.25) is 0 Å². The molecule has 6 nitrogen and oxygen atoms in total. The molecule has 1 spiro atoms. The lowest BCUT2D eigenvalue weighted by Gasteiger charge is -2.39. The minimum Gasteiger partial charge on any atom is -0.494 e. The monoisotopic (exact) mass is 402 g/mol. The number of hydrogen-bond acceptors (Lipinski definition) is 5. The first-order chi connectivity index (χ1) is 14.2. The first-order valence-electron chi connectivity index (χ1n) is 11.2. The molecule has 0 radical (unpaired) electrons. The molecule has 0 saturated carbocycles. The van der Waals surface area contributed by atoms with Crippen molar-refractivity contribution in [1.29, 1.82) is 0 Å². The van der Waals surface area contributed by atoms with Crippen molar-refractivity contribution in [3.05, 3.63) is 29.8 Å². The number of amides is 1. The van der Waals surface area contributed by atoms with Gasteiger partial charge in [0.25, 0.3) is 0 Å². The van der Waals surface area contributed by atoms with Gasteiger partial charge in [-0.05, 0) is 63.1 Å². The maximum Gasteiger partial charge on any atom is 0.249 e. The highest BCUT2D eigenvalue weighted by atomic mass is 16.5. The summed E-state index contributed by atoms with van der Waals surface area (Å²) in [5.41, 5.74) is 1.33. The fraction of sp³-hybridized carbons (Fsp3) is 0.696. The minimum atomic E-state index is -0.254. The summed E-state index contributed by atoms with van der Waals surface area (Å²) >= 11 is 0. The van der Waals surface area contributed by atoms with Gasteiger partial charge in [0.05, 0.1) is 18.3 Å². The zero-order valence-corrected chi connectivity index (χ0v) is 17.5. The Labute approximate surface area is 173 Å². The van der Waals surface area contributed by atoms with Crippen molar-refractivity contribution in [1.82, 2.24) is 10.2 Å². The molecular weight excluding hydrogens is 368 g/mol. The van der Waals surface area contributed by atoms with Crippen LogP contribution < -0.4 is 10.1 Å². The Morgan fingerprint density at radius 1 is 1.21 bits per heavy atom. The topological polar surface area (TPSA) is 60.0 Å².